The average Bonchev–Trinajstić information content (AvgIpc) is 2.53. The second kappa shape index (κ2) is 10.9. The van der Waals surface area contributed by atoms with Gasteiger partial charge in [-0.15, -0.1) is 18.0 Å². The molecule has 2 rings (SSSR count). The summed E-state index contributed by atoms with van der Waals surface area (Å²) < 4.78 is 0. The van der Waals surface area contributed by atoms with Crippen LogP contribution in [0.2, 0.25) is 0 Å². The molecule has 1 heterocycles. The molecule has 0 saturated heterocycles. The van der Waals surface area contributed by atoms with Gasteiger partial charge in [0, 0.05) is 6.20 Å². The van der Waals surface area contributed by atoms with E-state index in [1.54, 1.807) is 12.3 Å². The molecule has 0 aliphatic heterocycles. The summed E-state index contributed by atoms with van der Waals surface area (Å²) in [5.74, 6) is 0. The van der Waals surface area contributed by atoms with E-state index in [2.05, 4.69) is 21.9 Å². The Balaban J connectivity index is 0.00000141. The van der Waals surface area contributed by atoms with Crippen molar-refractivity contribution in [3.63, 3.8) is 0 Å². The van der Waals surface area contributed by atoms with Crippen LogP contribution in [0.5, 0.6) is 0 Å². The van der Waals surface area contributed by atoms with E-state index in [0.717, 1.165) is 28.1 Å². The zero-order valence-electron chi connectivity index (χ0n) is 13.5. The number of hydrogen-bond acceptors (Lipinski definition) is 2. The normalized spacial score (nSPS) is 10.6. The molecule has 0 spiro atoms. The van der Waals surface area contributed by atoms with Crippen molar-refractivity contribution in [2.45, 2.75) is 27.7 Å². The minimum atomic E-state index is 0. The van der Waals surface area contributed by atoms with Gasteiger partial charge in [-0.1, -0.05) is 44.2 Å². The minimum absolute atomic E-state index is 0. The molecule has 0 bridgehead atoms. The van der Waals surface area contributed by atoms with Crippen LogP contribution >= 0.6 is 0 Å². The van der Waals surface area contributed by atoms with Gasteiger partial charge < -0.3 is 5.32 Å². The first kappa shape index (κ1) is 20.2. The van der Waals surface area contributed by atoms with E-state index in [1.807, 2.05) is 64.1 Å². The van der Waals surface area contributed by atoms with Crippen molar-refractivity contribution in [2.24, 2.45) is 0 Å². The fourth-order valence-corrected chi connectivity index (χ4v) is 1.66. The van der Waals surface area contributed by atoms with E-state index >= 15 is 0 Å². The topological polar surface area (TPSA) is 39.9 Å². The van der Waals surface area contributed by atoms with Crippen LogP contribution in [0.1, 0.15) is 26.5 Å². The second-order valence-electron chi connectivity index (χ2n) is 4.12. The van der Waals surface area contributed by atoms with Crippen molar-refractivity contribution in [1.29, 1.82) is 0 Å². The Bertz CT molecular complexity index is 660. The van der Waals surface area contributed by atoms with Crippen LogP contribution in [0, 0.1) is 6.92 Å². The number of aryl methyl sites for hydroxylation is 1. The first-order valence-electron chi connectivity index (χ1n) is 7.13. The molecule has 117 valence electrons. The third-order valence-electron chi connectivity index (χ3n) is 2.57. The van der Waals surface area contributed by atoms with Gasteiger partial charge in [0.15, 0.2) is 0 Å². The Kier molecular flexibility index (Phi) is 9.98. The monoisotopic (exact) mass is 382 g/mol. The molecule has 0 unspecified atom stereocenters. The van der Waals surface area contributed by atoms with Crippen molar-refractivity contribution < 1.29 is 19.5 Å². The maximum Gasteiger partial charge on any atom is 1.00 e. The zero-order valence-corrected chi connectivity index (χ0v) is 15.3. The van der Waals surface area contributed by atoms with Crippen LogP contribution in [0.15, 0.2) is 61.0 Å². The Morgan fingerprint density at radius 1 is 1.23 bits per heavy atom. The van der Waals surface area contributed by atoms with Gasteiger partial charge in [-0.2, -0.15) is 0 Å². The second-order valence-corrected chi connectivity index (χ2v) is 4.12. The van der Waals surface area contributed by atoms with E-state index in [4.69, 9.17) is 0 Å². The number of allylic oxidation sites excluding steroid dienone is 4. The maximum atomic E-state index is 4.52. The van der Waals surface area contributed by atoms with Crippen molar-refractivity contribution in [1.82, 2.24) is 9.97 Å². The summed E-state index contributed by atoms with van der Waals surface area (Å²) in [5, 5.41) is 4.52. The summed E-state index contributed by atoms with van der Waals surface area (Å²) in [7, 11) is 0. The Labute approximate surface area is 146 Å². The number of rotatable bonds is 4. The summed E-state index contributed by atoms with van der Waals surface area (Å²) in [6.07, 6.45) is 9.30. The quantitative estimate of drug-likeness (QED) is 0.510. The van der Waals surface area contributed by atoms with Crippen LogP contribution in [0.25, 0.3) is 16.4 Å². The van der Waals surface area contributed by atoms with E-state index in [0.29, 0.717) is 0 Å². The van der Waals surface area contributed by atoms with Crippen LogP contribution in [0.3, 0.4) is 0 Å². The molecule has 2 aromatic rings. The first-order chi connectivity index (χ1) is 10.2. The maximum absolute atomic E-state index is 4.52. The van der Waals surface area contributed by atoms with Crippen LogP contribution in [0.4, 0.5) is 5.69 Å². The summed E-state index contributed by atoms with van der Waals surface area (Å²) in [6, 6.07) is 5.79. The Hall–Kier alpha value is -1.80. The molecular weight excluding hydrogens is 359 g/mol. The number of benzene rings is 1. The van der Waals surface area contributed by atoms with Crippen LogP contribution < -0.4 is 0 Å². The van der Waals surface area contributed by atoms with Crippen molar-refractivity contribution >= 4 is 16.7 Å². The van der Waals surface area contributed by atoms with Crippen molar-refractivity contribution in [2.75, 3.05) is 0 Å². The predicted octanol–water partition coefficient (Wildman–Crippen LogP) is 5.61. The number of fused-ring (bicyclic) bond motifs is 1. The largest absolute Gasteiger partial charge is 1.00 e. The molecule has 0 aliphatic rings. The zero-order chi connectivity index (χ0) is 15.7. The van der Waals surface area contributed by atoms with E-state index < -0.39 is 0 Å². The van der Waals surface area contributed by atoms with E-state index in [1.165, 1.54) is 0 Å². The van der Waals surface area contributed by atoms with E-state index in [9.17, 15) is 0 Å². The molecule has 1 radical (unpaired) electrons. The van der Waals surface area contributed by atoms with Gasteiger partial charge in [0.2, 0.25) is 0 Å². The Morgan fingerprint density at radius 3 is 2.59 bits per heavy atom. The molecule has 3 nitrogen and oxygen atoms in total. The molecule has 22 heavy (non-hydrogen) atoms. The molecular formula is C18H22N3Ru. The first-order valence-corrected chi connectivity index (χ1v) is 7.13. The molecule has 1 aromatic carbocycles. The minimum Gasteiger partial charge on any atom is -0.658 e. The number of aromatic nitrogens is 2. The van der Waals surface area contributed by atoms with Gasteiger partial charge in [0.05, 0.1) is 16.7 Å². The third-order valence-corrected chi connectivity index (χ3v) is 2.57. The Morgan fingerprint density at radius 2 is 1.95 bits per heavy atom. The summed E-state index contributed by atoms with van der Waals surface area (Å²) in [5.41, 5.74) is 4.30. The fourth-order valence-electron chi connectivity index (χ4n) is 1.66. The van der Waals surface area contributed by atoms with Gasteiger partial charge in [0.1, 0.15) is 0 Å². The van der Waals surface area contributed by atoms with Gasteiger partial charge in [-0.3, -0.25) is 4.98 Å². The molecule has 0 aliphatic carbocycles. The third kappa shape index (κ3) is 5.91. The van der Waals surface area contributed by atoms with Crippen molar-refractivity contribution in [3.05, 3.63) is 72.0 Å². The standard InChI is InChI=1S/C16H16N3.C2H6.Ru/c1-4-6-7-13(5-2)19-14-8-9-15-16(10-14)18-12(3)11-17-15;1-2;/h4-11H,2H2,1,3H3;1-2H3;/q-1;;+1/b6-4-,13-7+;;. The molecule has 0 fully saturated rings. The van der Waals surface area contributed by atoms with Gasteiger partial charge in [-0.25, -0.2) is 4.98 Å². The summed E-state index contributed by atoms with van der Waals surface area (Å²) >= 11 is 0. The fraction of sp³-hybridized carbons (Fsp3) is 0.222. The van der Waals surface area contributed by atoms with Gasteiger partial charge in [0.25, 0.3) is 0 Å². The van der Waals surface area contributed by atoms with E-state index in [-0.39, 0.29) is 19.5 Å². The predicted molar refractivity (Wildman–Crippen MR) is 91.7 cm³/mol. The molecule has 4 heteroatoms. The molecule has 0 atom stereocenters. The summed E-state index contributed by atoms with van der Waals surface area (Å²) in [4.78, 5) is 8.77. The van der Waals surface area contributed by atoms with Gasteiger partial charge in [-0.05, 0) is 26.0 Å². The molecule has 1 aromatic heterocycles. The SMILES string of the molecule is C=C/C(=C\C=C/C)[N-]c1ccc2ncc(C)nc2c1.CC.[Ru+]. The van der Waals surface area contributed by atoms with Crippen molar-refractivity contribution in [3.8, 4) is 0 Å². The van der Waals surface area contributed by atoms with Crippen LogP contribution in [-0.4, -0.2) is 9.97 Å². The van der Waals surface area contributed by atoms with Gasteiger partial charge >= 0.3 is 19.5 Å². The smallest absolute Gasteiger partial charge is 0.658 e. The molecule has 0 saturated carbocycles. The molecule has 0 N–H and O–H groups in total. The van der Waals surface area contributed by atoms with Crippen LogP contribution in [-0.2, 0) is 19.5 Å². The number of hydrogen-bond donors (Lipinski definition) is 0. The molecule has 0 amide bonds. The summed E-state index contributed by atoms with van der Waals surface area (Å²) in [6.45, 7) is 11.7. The number of nitrogens with zero attached hydrogens (tertiary/aromatic N) is 3. The average molecular weight is 381 g/mol.